The van der Waals surface area contributed by atoms with Gasteiger partial charge in [-0.25, -0.2) is 0 Å². The summed E-state index contributed by atoms with van der Waals surface area (Å²) in [6, 6.07) is 0.302. The first-order chi connectivity index (χ1) is 10.2. The number of nitrogens with zero attached hydrogens (tertiary/aromatic N) is 1. The van der Waals surface area contributed by atoms with E-state index >= 15 is 0 Å². The Hall–Kier alpha value is -1.10. The van der Waals surface area contributed by atoms with Crippen LogP contribution < -0.4 is 10.6 Å². The van der Waals surface area contributed by atoms with Crippen molar-refractivity contribution < 1.29 is 9.59 Å². The average Bonchev–Trinajstić information content (AvgIpc) is 2.53. The van der Waals surface area contributed by atoms with E-state index in [2.05, 4.69) is 17.6 Å². The topological polar surface area (TPSA) is 61.4 Å². The van der Waals surface area contributed by atoms with Crippen LogP contribution in [0.15, 0.2) is 0 Å². The summed E-state index contributed by atoms with van der Waals surface area (Å²) in [5, 5.41) is 6.48. The van der Waals surface area contributed by atoms with Gasteiger partial charge < -0.3 is 15.5 Å². The van der Waals surface area contributed by atoms with Crippen molar-refractivity contribution in [3.63, 3.8) is 0 Å². The normalized spacial score (nSPS) is 36.8. The molecule has 4 atom stereocenters. The fourth-order valence-electron chi connectivity index (χ4n) is 4.09. The maximum Gasteiger partial charge on any atom is 0.239 e. The molecule has 4 unspecified atom stereocenters. The lowest BCUT2D eigenvalue weighted by molar-refractivity contribution is -0.137. The summed E-state index contributed by atoms with van der Waals surface area (Å²) in [5.41, 5.74) is 0. The van der Waals surface area contributed by atoms with Gasteiger partial charge in [-0.05, 0) is 44.1 Å². The summed E-state index contributed by atoms with van der Waals surface area (Å²) in [4.78, 5) is 26.2. The number of carbonyl (C=O) groups is 2. The van der Waals surface area contributed by atoms with E-state index in [-0.39, 0.29) is 23.9 Å². The van der Waals surface area contributed by atoms with E-state index < -0.39 is 0 Å². The van der Waals surface area contributed by atoms with Crippen LogP contribution in [0.1, 0.15) is 45.4 Å². The number of likely N-dealkylation sites (tertiary alicyclic amines) is 1. The second-order valence-electron chi connectivity index (χ2n) is 6.85. The standard InChI is InChI=1S/C16H27N3O2/c1-2-11-5-7-17-14(9-11)16(21)19-8-6-13-12(10-19)3-4-15(20)18-13/h11-14,17H,2-10H2,1H3,(H,18,20). The van der Waals surface area contributed by atoms with E-state index in [4.69, 9.17) is 0 Å². The first kappa shape index (κ1) is 14.8. The van der Waals surface area contributed by atoms with Gasteiger partial charge in [-0.15, -0.1) is 0 Å². The third-order valence-electron chi connectivity index (χ3n) is 5.52. The molecule has 0 bridgehead atoms. The maximum absolute atomic E-state index is 12.7. The highest BCUT2D eigenvalue weighted by Crippen LogP contribution is 2.27. The monoisotopic (exact) mass is 293 g/mol. The number of hydrogen-bond donors (Lipinski definition) is 2. The molecule has 21 heavy (non-hydrogen) atoms. The third kappa shape index (κ3) is 3.23. The first-order valence-corrected chi connectivity index (χ1v) is 8.49. The van der Waals surface area contributed by atoms with Crippen molar-refractivity contribution in [3.05, 3.63) is 0 Å². The van der Waals surface area contributed by atoms with E-state index in [0.29, 0.717) is 18.3 Å². The largest absolute Gasteiger partial charge is 0.353 e. The predicted octanol–water partition coefficient (Wildman–Crippen LogP) is 0.892. The molecule has 5 nitrogen and oxygen atoms in total. The highest BCUT2D eigenvalue weighted by molar-refractivity contribution is 5.82. The van der Waals surface area contributed by atoms with Crippen molar-refractivity contribution in [2.45, 2.75) is 57.5 Å². The number of amides is 2. The third-order valence-corrected chi connectivity index (χ3v) is 5.52. The summed E-state index contributed by atoms with van der Waals surface area (Å²) in [6.07, 6.45) is 5.79. The minimum absolute atomic E-state index is 0.0124. The molecule has 3 rings (SSSR count). The van der Waals surface area contributed by atoms with E-state index in [1.807, 2.05) is 4.90 Å². The molecule has 3 saturated heterocycles. The number of hydrogen-bond acceptors (Lipinski definition) is 3. The Balaban J connectivity index is 1.57. The molecule has 5 heteroatoms. The van der Waals surface area contributed by atoms with Gasteiger partial charge in [0.05, 0.1) is 6.04 Å². The number of piperidine rings is 3. The number of rotatable bonds is 2. The van der Waals surface area contributed by atoms with Crippen LogP contribution in [0.5, 0.6) is 0 Å². The van der Waals surface area contributed by atoms with Crippen molar-refractivity contribution in [2.24, 2.45) is 11.8 Å². The second-order valence-corrected chi connectivity index (χ2v) is 6.85. The molecule has 0 aromatic heterocycles. The summed E-state index contributed by atoms with van der Waals surface area (Å²) in [5.74, 6) is 1.59. The Kier molecular flexibility index (Phi) is 4.48. The van der Waals surface area contributed by atoms with E-state index in [0.717, 1.165) is 38.9 Å². The minimum Gasteiger partial charge on any atom is -0.353 e. The summed E-state index contributed by atoms with van der Waals surface area (Å²) < 4.78 is 0. The molecule has 0 aliphatic carbocycles. The lowest BCUT2D eigenvalue weighted by Gasteiger charge is -2.43. The van der Waals surface area contributed by atoms with Gasteiger partial charge in [0.15, 0.2) is 0 Å². The lowest BCUT2D eigenvalue weighted by atomic mass is 9.84. The maximum atomic E-state index is 12.7. The molecule has 0 saturated carbocycles. The molecular weight excluding hydrogens is 266 g/mol. The van der Waals surface area contributed by atoms with Gasteiger partial charge in [0.1, 0.15) is 0 Å². The van der Waals surface area contributed by atoms with Gasteiger partial charge >= 0.3 is 0 Å². The highest BCUT2D eigenvalue weighted by Gasteiger charge is 2.37. The molecule has 0 aromatic rings. The molecule has 118 valence electrons. The Morgan fingerprint density at radius 2 is 2.19 bits per heavy atom. The molecule has 3 fully saturated rings. The zero-order chi connectivity index (χ0) is 14.8. The molecule has 2 amide bonds. The lowest BCUT2D eigenvalue weighted by Crippen LogP contribution is -2.58. The second kappa shape index (κ2) is 6.34. The Morgan fingerprint density at radius 1 is 1.33 bits per heavy atom. The highest BCUT2D eigenvalue weighted by atomic mass is 16.2. The van der Waals surface area contributed by atoms with Crippen molar-refractivity contribution >= 4 is 11.8 Å². The van der Waals surface area contributed by atoms with E-state index in [1.54, 1.807) is 0 Å². The van der Waals surface area contributed by atoms with Gasteiger partial charge in [0.2, 0.25) is 11.8 Å². The van der Waals surface area contributed by atoms with Crippen molar-refractivity contribution in [1.29, 1.82) is 0 Å². The Labute approximate surface area is 126 Å². The number of fused-ring (bicyclic) bond motifs is 1. The zero-order valence-corrected chi connectivity index (χ0v) is 12.9. The summed E-state index contributed by atoms with van der Waals surface area (Å²) in [6.45, 7) is 4.78. The van der Waals surface area contributed by atoms with Crippen molar-refractivity contribution in [3.8, 4) is 0 Å². The fourth-order valence-corrected chi connectivity index (χ4v) is 4.09. The molecule has 3 aliphatic heterocycles. The van der Waals surface area contributed by atoms with Crippen LogP contribution in [-0.4, -0.2) is 48.4 Å². The smallest absolute Gasteiger partial charge is 0.239 e. The summed E-state index contributed by atoms with van der Waals surface area (Å²) in [7, 11) is 0. The average molecular weight is 293 g/mol. The number of carbonyl (C=O) groups excluding carboxylic acids is 2. The minimum atomic E-state index is 0.0124. The first-order valence-electron chi connectivity index (χ1n) is 8.49. The molecule has 0 radical (unpaired) electrons. The van der Waals surface area contributed by atoms with Crippen LogP contribution in [-0.2, 0) is 9.59 Å². The molecule has 0 aromatic carbocycles. The van der Waals surface area contributed by atoms with Crippen molar-refractivity contribution in [2.75, 3.05) is 19.6 Å². The van der Waals surface area contributed by atoms with Crippen LogP contribution in [0.25, 0.3) is 0 Å². The van der Waals surface area contributed by atoms with Crippen LogP contribution in [0.2, 0.25) is 0 Å². The van der Waals surface area contributed by atoms with Crippen LogP contribution >= 0.6 is 0 Å². The molecular formula is C16H27N3O2. The fraction of sp³-hybridized carbons (Fsp3) is 0.875. The SMILES string of the molecule is CCC1CCNC(C(=O)N2CCC3NC(=O)CCC3C2)C1. The van der Waals surface area contributed by atoms with Crippen LogP contribution in [0, 0.1) is 11.8 Å². The van der Waals surface area contributed by atoms with E-state index in [9.17, 15) is 9.59 Å². The van der Waals surface area contributed by atoms with Crippen molar-refractivity contribution in [1.82, 2.24) is 15.5 Å². The quantitative estimate of drug-likeness (QED) is 0.795. The molecule has 3 heterocycles. The molecule has 0 spiro atoms. The van der Waals surface area contributed by atoms with Crippen LogP contribution in [0.3, 0.4) is 0 Å². The van der Waals surface area contributed by atoms with Gasteiger partial charge in [0, 0.05) is 25.6 Å². The van der Waals surface area contributed by atoms with Gasteiger partial charge in [-0.1, -0.05) is 13.3 Å². The zero-order valence-electron chi connectivity index (χ0n) is 12.9. The van der Waals surface area contributed by atoms with Gasteiger partial charge in [0.25, 0.3) is 0 Å². The Bertz CT molecular complexity index is 412. The predicted molar refractivity (Wildman–Crippen MR) is 80.7 cm³/mol. The molecule has 2 N–H and O–H groups in total. The van der Waals surface area contributed by atoms with E-state index in [1.165, 1.54) is 12.8 Å². The summed E-state index contributed by atoms with van der Waals surface area (Å²) >= 11 is 0. The van der Waals surface area contributed by atoms with Gasteiger partial charge in [-0.3, -0.25) is 9.59 Å². The number of nitrogens with one attached hydrogen (secondary N) is 2. The van der Waals surface area contributed by atoms with Crippen LogP contribution in [0.4, 0.5) is 0 Å². The van der Waals surface area contributed by atoms with Gasteiger partial charge in [-0.2, -0.15) is 0 Å². The molecule has 3 aliphatic rings. The Morgan fingerprint density at radius 3 is 3.00 bits per heavy atom.